The molecule has 0 bridgehead atoms. The van der Waals surface area contributed by atoms with Gasteiger partial charge in [0.2, 0.25) is 11.7 Å². The molecule has 0 radical (unpaired) electrons. The molecule has 0 saturated carbocycles. The quantitative estimate of drug-likeness (QED) is 0.467. The third-order valence-electron chi connectivity index (χ3n) is 5.37. The number of halogens is 2. The van der Waals surface area contributed by atoms with Gasteiger partial charge >= 0.3 is 0 Å². The average molecular weight is 450 g/mol. The minimum atomic E-state index is -1.03. The highest BCUT2D eigenvalue weighted by molar-refractivity contribution is 5.87. The summed E-state index contributed by atoms with van der Waals surface area (Å²) in [7, 11) is 0. The van der Waals surface area contributed by atoms with Crippen LogP contribution in [0.4, 0.5) is 25.8 Å². The van der Waals surface area contributed by atoms with Gasteiger partial charge in [0, 0.05) is 31.0 Å². The Morgan fingerprint density at radius 3 is 2.76 bits per heavy atom. The maximum Gasteiger partial charge on any atom is 0.246 e. The molecule has 1 aliphatic rings. The molecule has 3 aromatic rings. The molecule has 2 N–H and O–H groups in total. The van der Waals surface area contributed by atoms with E-state index in [0.29, 0.717) is 12.3 Å². The normalized spacial score (nSPS) is 15.6. The molecular formula is C25H24F2N4O2. The van der Waals surface area contributed by atoms with Gasteiger partial charge in [-0.05, 0) is 61.4 Å². The zero-order valence-corrected chi connectivity index (χ0v) is 17.9. The Bertz CT molecular complexity index is 1140. The number of pyridine rings is 1. The van der Waals surface area contributed by atoms with Gasteiger partial charge in [-0.25, -0.2) is 4.39 Å². The van der Waals surface area contributed by atoms with E-state index < -0.39 is 11.6 Å². The van der Waals surface area contributed by atoms with Crippen molar-refractivity contribution in [2.75, 3.05) is 23.7 Å². The van der Waals surface area contributed by atoms with Crippen molar-refractivity contribution in [3.05, 3.63) is 85.2 Å². The number of nitrogens with one attached hydrogen (secondary N) is 2. The number of ether oxygens (including phenoxy) is 1. The van der Waals surface area contributed by atoms with Gasteiger partial charge in [-0.3, -0.25) is 9.78 Å². The molecule has 1 saturated heterocycles. The summed E-state index contributed by atoms with van der Waals surface area (Å²) in [6.07, 6.45) is 6.62. The van der Waals surface area contributed by atoms with Crippen molar-refractivity contribution in [3.63, 3.8) is 0 Å². The summed E-state index contributed by atoms with van der Waals surface area (Å²) in [5, 5.41) is 6.81. The number of carbonyl (C=O) groups is 1. The lowest BCUT2D eigenvalue weighted by Gasteiger charge is -2.33. The van der Waals surface area contributed by atoms with Gasteiger partial charge in [-0.1, -0.05) is 12.6 Å². The summed E-state index contributed by atoms with van der Waals surface area (Å²) in [5.74, 6) is -1.84. The molecular weight excluding hydrogens is 426 g/mol. The standard InChI is InChI=1S/C25H24F2N4O2/c1-2-24(32)31-14-4-5-18(16-31)30-21-12-13-28-15-22(21)29-17-8-10-19(11-9-17)33-23-7-3-6-20(26)25(23)27/h2-3,6-13,15,18,29H,1,4-5,14,16H2,(H,28,30). The van der Waals surface area contributed by atoms with Crippen molar-refractivity contribution in [2.45, 2.75) is 18.9 Å². The van der Waals surface area contributed by atoms with E-state index >= 15 is 0 Å². The summed E-state index contributed by atoms with van der Waals surface area (Å²) in [6.45, 7) is 4.91. The van der Waals surface area contributed by atoms with Gasteiger partial charge < -0.3 is 20.3 Å². The molecule has 2 aromatic carbocycles. The van der Waals surface area contributed by atoms with Gasteiger partial charge in [0.1, 0.15) is 5.75 Å². The van der Waals surface area contributed by atoms with Crippen LogP contribution >= 0.6 is 0 Å². The van der Waals surface area contributed by atoms with E-state index in [0.717, 1.165) is 42.5 Å². The van der Waals surface area contributed by atoms with Crippen LogP contribution in [0.25, 0.3) is 0 Å². The average Bonchev–Trinajstić information content (AvgIpc) is 2.84. The van der Waals surface area contributed by atoms with Gasteiger partial charge in [0.15, 0.2) is 11.6 Å². The van der Waals surface area contributed by atoms with Crippen molar-refractivity contribution in [2.24, 2.45) is 0 Å². The molecule has 1 unspecified atom stereocenters. The molecule has 4 rings (SSSR count). The van der Waals surface area contributed by atoms with Gasteiger partial charge in [-0.2, -0.15) is 4.39 Å². The molecule has 1 aromatic heterocycles. The fraction of sp³-hybridized carbons (Fsp3) is 0.200. The molecule has 1 atom stereocenters. The maximum atomic E-state index is 13.8. The van der Waals surface area contributed by atoms with Crippen molar-refractivity contribution < 1.29 is 18.3 Å². The minimum Gasteiger partial charge on any atom is -0.454 e. The fourth-order valence-electron chi connectivity index (χ4n) is 3.72. The number of anilines is 3. The molecule has 0 aliphatic carbocycles. The van der Waals surface area contributed by atoms with Gasteiger partial charge in [0.25, 0.3) is 0 Å². The number of aromatic nitrogens is 1. The fourth-order valence-corrected chi connectivity index (χ4v) is 3.72. The largest absolute Gasteiger partial charge is 0.454 e. The van der Waals surface area contributed by atoms with Crippen molar-refractivity contribution >= 4 is 23.0 Å². The number of likely N-dealkylation sites (tertiary alicyclic amines) is 1. The van der Waals surface area contributed by atoms with Crippen molar-refractivity contribution in [3.8, 4) is 11.5 Å². The Kier molecular flexibility index (Phi) is 6.83. The summed E-state index contributed by atoms with van der Waals surface area (Å²) >= 11 is 0. The molecule has 2 heterocycles. The van der Waals surface area contributed by atoms with Crippen LogP contribution in [-0.2, 0) is 4.79 Å². The number of rotatable bonds is 7. The Morgan fingerprint density at radius 1 is 1.15 bits per heavy atom. The van der Waals surface area contributed by atoms with Crippen LogP contribution in [0.2, 0.25) is 0 Å². The van der Waals surface area contributed by atoms with Crippen molar-refractivity contribution in [1.82, 2.24) is 9.88 Å². The molecule has 6 nitrogen and oxygen atoms in total. The first-order valence-corrected chi connectivity index (χ1v) is 10.6. The van der Waals surface area contributed by atoms with E-state index in [9.17, 15) is 13.6 Å². The Morgan fingerprint density at radius 2 is 1.97 bits per heavy atom. The zero-order chi connectivity index (χ0) is 23.2. The maximum absolute atomic E-state index is 13.8. The molecule has 8 heteroatoms. The highest BCUT2D eigenvalue weighted by Gasteiger charge is 2.22. The topological polar surface area (TPSA) is 66.5 Å². The monoisotopic (exact) mass is 450 g/mol. The molecule has 1 amide bonds. The van der Waals surface area contributed by atoms with E-state index in [4.69, 9.17) is 4.74 Å². The van der Waals surface area contributed by atoms with Crippen LogP contribution in [0.1, 0.15) is 12.8 Å². The predicted molar refractivity (Wildman–Crippen MR) is 124 cm³/mol. The van der Waals surface area contributed by atoms with E-state index in [1.807, 2.05) is 6.07 Å². The Balaban J connectivity index is 1.43. The van der Waals surface area contributed by atoms with Crippen molar-refractivity contribution in [1.29, 1.82) is 0 Å². The van der Waals surface area contributed by atoms with Crippen LogP contribution in [-0.4, -0.2) is 34.9 Å². The zero-order valence-electron chi connectivity index (χ0n) is 17.9. The number of piperidine rings is 1. The highest BCUT2D eigenvalue weighted by Crippen LogP contribution is 2.30. The SMILES string of the molecule is C=CC(=O)N1CCCC(Nc2ccncc2Nc2ccc(Oc3cccc(F)c3F)cc2)C1. The van der Waals surface area contributed by atoms with Crippen LogP contribution in [0.3, 0.4) is 0 Å². The van der Waals surface area contributed by atoms with Crippen LogP contribution in [0, 0.1) is 11.6 Å². The highest BCUT2D eigenvalue weighted by atomic mass is 19.2. The number of benzene rings is 2. The first-order valence-electron chi connectivity index (χ1n) is 10.6. The third kappa shape index (κ3) is 5.46. The van der Waals surface area contributed by atoms with Crippen LogP contribution in [0.5, 0.6) is 11.5 Å². The Hall–Kier alpha value is -3.94. The minimum absolute atomic E-state index is 0.0602. The second-order valence-corrected chi connectivity index (χ2v) is 7.70. The lowest BCUT2D eigenvalue weighted by Crippen LogP contribution is -2.44. The molecule has 170 valence electrons. The summed E-state index contributed by atoms with van der Waals surface area (Å²) in [5.41, 5.74) is 2.41. The number of nitrogens with zero attached hydrogens (tertiary/aromatic N) is 2. The van der Waals surface area contributed by atoms with Crippen LogP contribution < -0.4 is 15.4 Å². The number of hydrogen-bond acceptors (Lipinski definition) is 5. The van der Waals surface area contributed by atoms with Gasteiger partial charge in [0.05, 0.1) is 17.6 Å². The smallest absolute Gasteiger partial charge is 0.246 e. The second kappa shape index (κ2) is 10.1. The van der Waals surface area contributed by atoms with E-state index in [2.05, 4.69) is 22.2 Å². The molecule has 1 aliphatic heterocycles. The van der Waals surface area contributed by atoms with E-state index in [1.54, 1.807) is 41.6 Å². The van der Waals surface area contributed by atoms with Crippen LogP contribution in [0.15, 0.2) is 73.6 Å². The van der Waals surface area contributed by atoms with Gasteiger partial charge in [-0.15, -0.1) is 0 Å². The summed E-state index contributed by atoms with van der Waals surface area (Å²) in [6, 6.07) is 12.7. The summed E-state index contributed by atoms with van der Waals surface area (Å²) in [4.78, 5) is 18.0. The van der Waals surface area contributed by atoms with E-state index in [-0.39, 0.29) is 17.7 Å². The first kappa shape index (κ1) is 22.3. The molecule has 1 fully saturated rings. The predicted octanol–water partition coefficient (Wildman–Crippen LogP) is 5.48. The molecule has 0 spiro atoms. The lowest BCUT2D eigenvalue weighted by molar-refractivity contribution is -0.127. The third-order valence-corrected chi connectivity index (χ3v) is 5.37. The Labute approximate surface area is 190 Å². The number of carbonyl (C=O) groups excluding carboxylic acids is 1. The number of amides is 1. The molecule has 33 heavy (non-hydrogen) atoms. The summed E-state index contributed by atoms with van der Waals surface area (Å²) < 4.78 is 32.7. The lowest BCUT2D eigenvalue weighted by atomic mass is 10.1. The first-order chi connectivity index (χ1) is 16.0. The second-order valence-electron chi connectivity index (χ2n) is 7.70. The number of hydrogen-bond donors (Lipinski definition) is 2. The van der Waals surface area contributed by atoms with E-state index in [1.165, 1.54) is 18.2 Å².